The number of hydrogen-bond acceptors (Lipinski definition) is 3. The summed E-state index contributed by atoms with van der Waals surface area (Å²) in [5.41, 5.74) is -0.184. The molecule has 0 aliphatic heterocycles. The van der Waals surface area contributed by atoms with Gasteiger partial charge in [0.15, 0.2) is 0 Å². The van der Waals surface area contributed by atoms with E-state index in [1.54, 1.807) is 0 Å². The molecule has 0 bridgehead atoms. The van der Waals surface area contributed by atoms with E-state index in [4.69, 9.17) is 4.74 Å². The van der Waals surface area contributed by atoms with E-state index in [2.05, 4.69) is 19.2 Å². The largest absolute Gasteiger partial charge is 0.394 e. The maximum Gasteiger partial charge on any atom is 0.0681 e. The summed E-state index contributed by atoms with van der Waals surface area (Å²) in [5.74, 6) is 0.608. The molecule has 17 heavy (non-hydrogen) atoms. The van der Waals surface area contributed by atoms with Gasteiger partial charge in [0.1, 0.15) is 0 Å². The SMILES string of the molecule is CC(C)NC(CO)(COC1CCCC1)C1CC1. The minimum Gasteiger partial charge on any atom is -0.394 e. The van der Waals surface area contributed by atoms with E-state index in [1.807, 2.05) is 0 Å². The van der Waals surface area contributed by atoms with Gasteiger partial charge in [0.05, 0.1) is 24.9 Å². The Labute approximate surface area is 105 Å². The van der Waals surface area contributed by atoms with Gasteiger partial charge in [-0.15, -0.1) is 0 Å². The molecule has 3 heteroatoms. The number of hydrogen-bond donors (Lipinski definition) is 2. The Kier molecular flexibility index (Phi) is 4.45. The van der Waals surface area contributed by atoms with Crippen LogP contribution in [0.3, 0.4) is 0 Å². The molecule has 1 unspecified atom stereocenters. The van der Waals surface area contributed by atoms with Crippen LogP contribution in [0.1, 0.15) is 52.4 Å². The zero-order valence-electron chi connectivity index (χ0n) is 11.2. The standard InChI is InChI=1S/C14H27NO2/c1-11(2)15-14(9-16,12-7-8-12)10-17-13-5-3-4-6-13/h11-13,15-16H,3-10H2,1-2H3. The van der Waals surface area contributed by atoms with Crippen molar-refractivity contribution in [3.8, 4) is 0 Å². The summed E-state index contributed by atoms with van der Waals surface area (Å²) in [4.78, 5) is 0. The molecule has 0 amide bonds. The average Bonchev–Trinajstić information content (AvgIpc) is 3.02. The molecule has 0 aromatic carbocycles. The van der Waals surface area contributed by atoms with Crippen LogP contribution >= 0.6 is 0 Å². The maximum atomic E-state index is 9.77. The molecule has 1 atom stereocenters. The highest BCUT2D eigenvalue weighted by atomic mass is 16.5. The van der Waals surface area contributed by atoms with E-state index in [1.165, 1.54) is 38.5 Å². The molecule has 0 spiro atoms. The average molecular weight is 241 g/mol. The van der Waals surface area contributed by atoms with Gasteiger partial charge in [0.25, 0.3) is 0 Å². The first-order valence-corrected chi connectivity index (χ1v) is 7.16. The van der Waals surface area contributed by atoms with Gasteiger partial charge in [-0.2, -0.15) is 0 Å². The van der Waals surface area contributed by atoms with E-state index >= 15 is 0 Å². The van der Waals surface area contributed by atoms with Crippen LogP contribution in [0, 0.1) is 5.92 Å². The third kappa shape index (κ3) is 3.43. The van der Waals surface area contributed by atoms with E-state index in [-0.39, 0.29) is 12.1 Å². The minimum atomic E-state index is -0.184. The maximum absolute atomic E-state index is 9.77. The number of nitrogens with one attached hydrogen (secondary N) is 1. The highest BCUT2D eigenvalue weighted by molar-refractivity contribution is 5.02. The van der Waals surface area contributed by atoms with Crippen molar-refractivity contribution >= 4 is 0 Å². The van der Waals surface area contributed by atoms with Crippen LogP contribution in [0.25, 0.3) is 0 Å². The highest BCUT2D eigenvalue weighted by Crippen LogP contribution is 2.40. The Morgan fingerprint density at radius 3 is 2.35 bits per heavy atom. The summed E-state index contributed by atoms with van der Waals surface area (Å²) < 4.78 is 6.04. The van der Waals surface area contributed by atoms with Gasteiger partial charge in [-0.25, -0.2) is 0 Å². The first-order valence-electron chi connectivity index (χ1n) is 7.16. The Morgan fingerprint density at radius 1 is 1.24 bits per heavy atom. The quantitative estimate of drug-likeness (QED) is 0.717. The second-order valence-corrected chi connectivity index (χ2v) is 6.11. The summed E-state index contributed by atoms with van der Waals surface area (Å²) in [5, 5.41) is 13.3. The summed E-state index contributed by atoms with van der Waals surface area (Å²) in [6.45, 7) is 5.16. The molecule has 0 saturated heterocycles. The van der Waals surface area contributed by atoms with Crippen molar-refractivity contribution in [3.05, 3.63) is 0 Å². The lowest BCUT2D eigenvalue weighted by Gasteiger charge is -2.36. The monoisotopic (exact) mass is 241 g/mol. The molecule has 0 radical (unpaired) electrons. The topological polar surface area (TPSA) is 41.5 Å². The first-order chi connectivity index (χ1) is 8.16. The van der Waals surface area contributed by atoms with Crippen molar-refractivity contribution in [1.82, 2.24) is 5.32 Å². The second kappa shape index (κ2) is 5.68. The smallest absolute Gasteiger partial charge is 0.0681 e. The van der Waals surface area contributed by atoms with Gasteiger partial charge in [0, 0.05) is 6.04 Å². The highest BCUT2D eigenvalue weighted by Gasteiger charge is 2.45. The van der Waals surface area contributed by atoms with Crippen LogP contribution in [0.5, 0.6) is 0 Å². The van der Waals surface area contributed by atoms with Gasteiger partial charge in [0.2, 0.25) is 0 Å². The summed E-state index contributed by atoms with van der Waals surface area (Å²) in [7, 11) is 0. The van der Waals surface area contributed by atoms with Crippen molar-refractivity contribution in [1.29, 1.82) is 0 Å². The molecule has 0 aromatic heterocycles. The van der Waals surface area contributed by atoms with Gasteiger partial charge in [-0.3, -0.25) is 0 Å². The number of rotatable bonds is 7. The van der Waals surface area contributed by atoms with Gasteiger partial charge in [-0.1, -0.05) is 26.7 Å². The van der Waals surface area contributed by atoms with Crippen LogP contribution in [0.2, 0.25) is 0 Å². The van der Waals surface area contributed by atoms with Crippen molar-refractivity contribution in [2.75, 3.05) is 13.2 Å². The predicted octanol–water partition coefficient (Wildman–Crippen LogP) is 2.08. The number of aliphatic hydroxyl groups excluding tert-OH is 1. The lowest BCUT2D eigenvalue weighted by molar-refractivity contribution is -0.0184. The first kappa shape index (κ1) is 13.3. The van der Waals surface area contributed by atoms with Gasteiger partial charge >= 0.3 is 0 Å². The van der Waals surface area contributed by atoms with E-state index in [0.717, 1.165) is 0 Å². The third-order valence-corrected chi connectivity index (χ3v) is 4.10. The van der Waals surface area contributed by atoms with E-state index in [0.29, 0.717) is 24.7 Å². The molecule has 3 nitrogen and oxygen atoms in total. The van der Waals surface area contributed by atoms with Crippen molar-refractivity contribution in [2.24, 2.45) is 5.92 Å². The summed E-state index contributed by atoms with van der Waals surface area (Å²) >= 11 is 0. The fraction of sp³-hybridized carbons (Fsp3) is 1.00. The molecule has 0 heterocycles. The van der Waals surface area contributed by atoms with Crippen LogP contribution in [0.4, 0.5) is 0 Å². The molecule has 2 fully saturated rings. The number of aliphatic hydroxyl groups is 1. The molecule has 0 aromatic rings. The Bertz CT molecular complexity index is 234. The molecular formula is C14H27NO2. The minimum absolute atomic E-state index is 0.184. The van der Waals surface area contributed by atoms with Crippen LogP contribution in [0.15, 0.2) is 0 Å². The molecule has 100 valence electrons. The third-order valence-electron chi connectivity index (χ3n) is 4.10. The van der Waals surface area contributed by atoms with Crippen LogP contribution in [-0.2, 0) is 4.74 Å². The van der Waals surface area contributed by atoms with E-state index < -0.39 is 0 Å². The normalized spacial score (nSPS) is 25.4. The Morgan fingerprint density at radius 2 is 1.88 bits per heavy atom. The van der Waals surface area contributed by atoms with Crippen molar-refractivity contribution in [2.45, 2.75) is 70.1 Å². The lowest BCUT2D eigenvalue weighted by atomic mass is 9.94. The molecule has 2 aliphatic rings. The van der Waals surface area contributed by atoms with Crippen LogP contribution in [-0.4, -0.2) is 36.0 Å². The second-order valence-electron chi connectivity index (χ2n) is 6.11. The molecule has 2 saturated carbocycles. The van der Waals surface area contributed by atoms with Gasteiger partial charge < -0.3 is 15.2 Å². The van der Waals surface area contributed by atoms with Crippen molar-refractivity contribution < 1.29 is 9.84 Å². The zero-order chi connectivity index (χ0) is 12.3. The molecule has 2 N–H and O–H groups in total. The Balaban J connectivity index is 1.89. The lowest BCUT2D eigenvalue weighted by Crippen LogP contribution is -2.57. The number of ether oxygens (including phenoxy) is 1. The predicted molar refractivity (Wildman–Crippen MR) is 69.0 cm³/mol. The van der Waals surface area contributed by atoms with Crippen molar-refractivity contribution in [3.63, 3.8) is 0 Å². The fourth-order valence-corrected chi connectivity index (χ4v) is 3.03. The molecule has 2 aliphatic carbocycles. The summed E-state index contributed by atoms with van der Waals surface area (Å²) in [6, 6.07) is 0.398. The zero-order valence-corrected chi connectivity index (χ0v) is 11.2. The fourth-order valence-electron chi connectivity index (χ4n) is 3.03. The Hall–Kier alpha value is -0.120. The molecular weight excluding hydrogens is 214 g/mol. The molecule has 2 rings (SSSR count). The van der Waals surface area contributed by atoms with E-state index in [9.17, 15) is 5.11 Å². The van der Waals surface area contributed by atoms with Crippen LogP contribution < -0.4 is 5.32 Å². The van der Waals surface area contributed by atoms with Gasteiger partial charge in [-0.05, 0) is 31.6 Å². The summed E-state index contributed by atoms with van der Waals surface area (Å²) in [6.07, 6.45) is 7.91.